The Morgan fingerprint density at radius 3 is 2.68 bits per heavy atom. The van der Waals surface area contributed by atoms with E-state index in [2.05, 4.69) is 39.3 Å². The lowest BCUT2D eigenvalue weighted by molar-refractivity contribution is 0.206. The van der Waals surface area contributed by atoms with Crippen molar-refractivity contribution < 1.29 is 4.39 Å². The molecule has 1 aromatic heterocycles. The largest absolute Gasteiger partial charge is 0.368 e. The number of allylic oxidation sites excluding steroid dienone is 4. The molecule has 5 nitrogen and oxygen atoms in total. The van der Waals surface area contributed by atoms with Crippen molar-refractivity contribution in [3.8, 4) is 0 Å². The van der Waals surface area contributed by atoms with Gasteiger partial charge in [0.1, 0.15) is 0 Å². The van der Waals surface area contributed by atoms with E-state index < -0.39 is 5.67 Å². The summed E-state index contributed by atoms with van der Waals surface area (Å²) in [6.07, 6.45) is 9.09. The molecule has 0 aromatic carbocycles. The highest BCUT2D eigenvalue weighted by molar-refractivity contribution is 5.42. The molecule has 0 bridgehead atoms. The predicted molar refractivity (Wildman–Crippen MR) is 87.1 cm³/mol. The normalized spacial score (nSPS) is 16.6. The molecule has 1 aromatic rings. The Hall–Kier alpha value is -2.24. The molecule has 0 aliphatic heterocycles. The first kappa shape index (κ1) is 16.1. The minimum atomic E-state index is -1.67. The van der Waals surface area contributed by atoms with Crippen LogP contribution in [0.15, 0.2) is 35.5 Å². The molecule has 3 N–H and O–H groups in total. The van der Waals surface area contributed by atoms with E-state index in [9.17, 15) is 4.39 Å². The van der Waals surface area contributed by atoms with Gasteiger partial charge in [0.2, 0.25) is 11.9 Å². The zero-order valence-electron chi connectivity index (χ0n) is 13.4. The summed E-state index contributed by atoms with van der Waals surface area (Å²) >= 11 is 0. The van der Waals surface area contributed by atoms with E-state index in [1.165, 1.54) is 19.4 Å². The van der Waals surface area contributed by atoms with Gasteiger partial charge in [0, 0.05) is 0 Å². The number of hydrogen-bond acceptors (Lipinski definition) is 5. The summed E-state index contributed by atoms with van der Waals surface area (Å²) in [6, 6.07) is -0.0199. The van der Waals surface area contributed by atoms with Crippen LogP contribution in [0.1, 0.15) is 39.9 Å². The molecule has 1 aliphatic rings. The van der Waals surface area contributed by atoms with Crippen LogP contribution in [0.5, 0.6) is 0 Å². The van der Waals surface area contributed by atoms with E-state index in [1.54, 1.807) is 0 Å². The van der Waals surface area contributed by atoms with Gasteiger partial charge in [-0.2, -0.15) is 15.0 Å². The fourth-order valence-corrected chi connectivity index (χ4v) is 2.25. The number of nitrogens with one attached hydrogen (secondary N) is 1. The van der Waals surface area contributed by atoms with Crippen molar-refractivity contribution in [3.05, 3.63) is 41.3 Å². The van der Waals surface area contributed by atoms with Crippen LogP contribution in [-0.2, 0) is 5.67 Å². The van der Waals surface area contributed by atoms with Crippen LogP contribution in [0.25, 0.3) is 0 Å². The van der Waals surface area contributed by atoms with Gasteiger partial charge in [0.25, 0.3) is 0 Å². The summed E-state index contributed by atoms with van der Waals surface area (Å²) in [5.41, 5.74) is 6.41. The lowest BCUT2D eigenvalue weighted by atomic mass is 10.0. The fraction of sp³-hybridized carbons (Fsp3) is 0.438. The molecule has 0 spiro atoms. The second-order valence-electron chi connectivity index (χ2n) is 5.91. The monoisotopic (exact) mass is 303 g/mol. The number of nitrogens with zero attached hydrogens (tertiary/aromatic N) is 3. The topological polar surface area (TPSA) is 76.7 Å². The van der Waals surface area contributed by atoms with Gasteiger partial charge in [-0.1, -0.05) is 29.9 Å². The molecule has 1 heterocycles. The number of anilines is 2. The van der Waals surface area contributed by atoms with Crippen LogP contribution in [0.4, 0.5) is 16.3 Å². The van der Waals surface area contributed by atoms with Gasteiger partial charge in [-0.15, -0.1) is 0 Å². The van der Waals surface area contributed by atoms with E-state index >= 15 is 0 Å². The number of halogens is 1. The van der Waals surface area contributed by atoms with Gasteiger partial charge in [-0.05, 0) is 39.7 Å². The van der Waals surface area contributed by atoms with E-state index in [4.69, 9.17) is 5.73 Å². The van der Waals surface area contributed by atoms with Crippen LogP contribution in [0.2, 0.25) is 0 Å². The van der Waals surface area contributed by atoms with Crippen molar-refractivity contribution in [2.45, 2.75) is 45.8 Å². The maximum absolute atomic E-state index is 14.0. The maximum atomic E-state index is 14.0. The van der Waals surface area contributed by atoms with Crippen LogP contribution in [0, 0.1) is 0 Å². The van der Waals surface area contributed by atoms with Crippen molar-refractivity contribution in [2.75, 3.05) is 11.1 Å². The van der Waals surface area contributed by atoms with Gasteiger partial charge in [0.15, 0.2) is 11.5 Å². The first-order valence-corrected chi connectivity index (χ1v) is 7.27. The first-order valence-electron chi connectivity index (χ1n) is 7.27. The number of hydrogen-bond donors (Lipinski definition) is 2. The Kier molecular flexibility index (Phi) is 4.59. The third-order valence-corrected chi connectivity index (χ3v) is 3.44. The average Bonchev–Trinajstić information content (AvgIpc) is 2.61. The van der Waals surface area contributed by atoms with Crippen molar-refractivity contribution in [1.82, 2.24) is 15.0 Å². The molecule has 0 saturated heterocycles. The smallest absolute Gasteiger partial charge is 0.228 e. The summed E-state index contributed by atoms with van der Waals surface area (Å²) in [4.78, 5) is 12.0. The number of rotatable bonds is 4. The van der Waals surface area contributed by atoms with Crippen LogP contribution in [-0.4, -0.2) is 21.0 Å². The summed E-state index contributed by atoms with van der Waals surface area (Å²) < 4.78 is 14.0. The molecule has 6 heteroatoms. The lowest BCUT2D eigenvalue weighted by Gasteiger charge is -2.19. The Labute approximate surface area is 130 Å². The molecule has 1 unspecified atom stereocenters. The third kappa shape index (κ3) is 3.90. The maximum Gasteiger partial charge on any atom is 0.228 e. The number of alkyl halides is 1. The Bertz CT molecular complexity index is 640. The molecule has 1 atom stereocenters. The molecular weight excluding hydrogens is 281 g/mol. The molecule has 0 saturated carbocycles. The Balaban J connectivity index is 2.25. The van der Waals surface area contributed by atoms with Crippen molar-refractivity contribution in [1.29, 1.82) is 0 Å². The fourth-order valence-electron chi connectivity index (χ4n) is 2.25. The minimum Gasteiger partial charge on any atom is -0.368 e. The third-order valence-electron chi connectivity index (χ3n) is 3.44. The van der Waals surface area contributed by atoms with Crippen molar-refractivity contribution >= 4 is 11.9 Å². The van der Waals surface area contributed by atoms with Gasteiger partial charge < -0.3 is 11.1 Å². The Morgan fingerprint density at radius 1 is 1.27 bits per heavy atom. The Morgan fingerprint density at radius 2 is 2.00 bits per heavy atom. The zero-order valence-corrected chi connectivity index (χ0v) is 13.4. The molecule has 1 aliphatic carbocycles. The van der Waals surface area contributed by atoms with E-state index in [-0.39, 0.29) is 23.8 Å². The minimum absolute atomic E-state index is 0.00852. The molecule has 0 amide bonds. The summed E-state index contributed by atoms with van der Waals surface area (Å²) in [7, 11) is 0. The molecule has 22 heavy (non-hydrogen) atoms. The first-order chi connectivity index (χ1) is 10.3. The number of aromatic nitrogens is 3. The summed E-state index contributed by atoms with van der Waals surface area (Å²) in [5.74, 6) is 0.319. The number of nitrogens with two attached hydrogens (primary N) is 1. The van der Waals surface area contributed by atoms with Gasteiger partial charge in [0.05, 0.1) is 6.04 Å². The SMILES string of the molecule is CC1=C(C(C)Nc2nc(N)nc(C(C)(C)F)n2)C=CC=CC1. The quantitative estimate of drug-likeness (QED) is 0.892. The van der Waals surface area contributed by atoms with Gasteiger partial charge in [-0.3, -0.25) is 0 Å². The average molecular weight is 303 g/mol. The van der Waals surface area contributed by atoms with Crippen LogP contribution >= 0.6 is 0 Å². The predicted octanol–water partition coefficient (Wildman–Crippen LogP) is 3.29. The molecule has 0 radical (unpaired) electrons. The molecule has 0 fully saturated rings. The molecule has 2 rings (SSSR count). The van der Waals surface area contributed by atoms with E-state index in [1.807, 2.05) is 19.1 Å². The molecular formula is C16H22FN5. The standard InChI is InChI=1S/C16H22FN5/c1-10-8-6-5-7-9-12(10)11(2)19-15-21-13(16(3,4)17)20-14(18)22-15/h5-7,9,11H,8H2,1-4H3,(H3,18,19,20,21,22). The van der Waals surface area contributed by atoms with Crippen molar-refractivity contribution in [2.24, 2.45) is 0 Å². The highest BCUT2D eigenvalue weighted by Crippen LogP contribution is 2.23. The lowest BCUT2D eigenvalue weighted by Crippen LogP contribution is -2.23. The van der Waals surface area contributed by atoms with E-state index in [0.717, 1.165) is 12.0 Å². The molecule has 118 valence electrons. The number of nitrogen functional groups attached to an aromatic ring is 1. The van der Waals surface area contributed by atoms with Gasteiger partial charge >= 0.3 is 0 Å². The summed E-state index contributed by atoms with van der Waals surface area (Å²) in [6.45, 7) is 6.88. The highest BCUT2D eigenvalue weighted by atomic mass is 19.1. The highest BCUT2D eigenvalue weighted by Gasteiger charge is 2.24. The van der Waals surface area contributed by atoms with Crippen LogP contribution in [0.3, 0.4) is 0 Å². The second kappa shape index (κ2) is 6.25. The zero-order chi connectivity index (χ0) is 16.3. The second-order valence-corrected chi connectivity index (χ2v) is 5.91. The van der Waals surface area contributed by atoms with Crippen molar-refractivity contribution in [3.63, 3.8) is 0 Å². The van der Waals surface area contributed by atoms with E-state index in [0.29, 0.717) is 0 Å². The summed E-state index contributed by atoms with van der Waals surface area (Å²) in [5, 5.41) is 3.18. The van der Waals surface area contributed by atoms with Crippen LogP contribution < -0.4 is 11.1 Å². The van der Waals surface area contributed by atoms with Gasteiger partial charge in [-0.25, -0.2) is 4.39 Å².